The summed E-state index contributed by atoms with van der Waals surface area (Å²) < 4.78 is 18.4. The van der Waals surface area contributed by atoms with E-state index in [0.717, 1.165) is 12.7 Å². The summed E-state index contributed by atoms with van der Waals surface area (Å²) in [4.78, 5) is 10.7. The van der Waals surface area contributed by atoms with Gasteiger partial charge in [-0.2, -0.15) is 0 Å². The van der Waals surface area contributed by atoms with Gasteiger partial charge in [0.25, 0.3) is 0 Å². The Labute approximate surface area is 89.1 Å². The van der Waals surface area contributed by atoms with E-state index in [1.165, 1.54) is 18.2 Å². The maximum atomic E-state index is 12.9. The molecule has 0 saturated heterocycles. The van der Waals surface area contributed by atoms with E-state index < -0.39 is 0 Å². The first-order valence-corrected chi connectivity index (χ1v) is 5.02. The predicted octanol–water partition coefficient (Wildman–Crippen LogP) is 2.95. The number of ether oxygens (including phenoxy) is 1. The van der Waals surface area contributed by atoms with Gasteiger partial charge in [0.05, 0.1) is 12.7 Å². The van der Waals surface area contributed by atoms with Crippen molar-refractivity contribution in [1.29, 1.82) is 0 Å². The van der Waals surface area contributed by atoms with E-state index >= 15 is 0 Å². The number of rotatable bonds is 5. The van der Waals surface area contributed by atoms with Crippen LogP contribution in [0.25, 0.3) is 0 Å². The summed E-state index contributed by atoms with van der Waals surface area (Å²) in [6, 6.07) is 4.08. The fraction of sp³-hybridized carbons (Fsp3) is 0.417. The molecule has 0 N–H and O–H groups in total. The Morgan fingerprint density at radius 1 is 1.53 bits per heavy atom. The minimum absolute atomic E-state index is 0.118. The van der Waals surface area contributed by atoms with Gasteiger partial charge in [0.2, 0.25) is 0 Å². The fourth-order valence-electron chi connectivity index (χ4n) is 1.16. The summed E-state index contributed by atoms with van der Waals surface area (Å²) in [5.41, 5.74) is 1.09. The molecule has 0 amide bonds. The lowest BCUT2D eigenvalue weighted by Gasteiger charge is -2.11. The molecule has 0 aromatic heterocycles. The molecule has 0 spiro atoms. The lowest BCUT2D eigenvalue weighted by atomic mass is 10.1. The van der Waals surface area contributed by atoms with E-state index in [4.69, 9.17) is 4.74 Å². The van der Waals surface area contributed by atoms with Crippen LogP contribution < -0.4 is 0 Å². The van der Waals surface area contributed by atoms with Gasteiger partial charge in [-0.3, -0.25) is 4.79 Å². The van der Waals surface area contributed by atoms with Crippen LogP contribution >= 0.6 is 0 Å². The molecule has 0 aliphatic carbocycles. The third-order valence-electron chi connectivity index (χ3n) is 2.33. The maximum Gasteiger partial charge on any atom is 0.150 e. The topological polar surface area (TPSA) is 26.3 Å². The highest BCUT2D eigenvalue weighted by molar-refractivity contribution is 5.77. The van der Waals surface area contributed by atoms with E-state index in [1.807, 2.05) is 13.8 Å². The van der Waals surface area contributed by atoms with Gasteiger partial charge in [-0.1, -0.05) is 6.92 Å². The first kappa shape index (κ1) is 11.9. The van der Waals surface area contributed by atoms with Gasteiger partial charge in [-0.15, -0.1) is 0 Å². The summed E-state index contributed by atoms with van der Waals surface area (Å²) in [6.45, 7) is 4.23. The second-order valence-corrected chi connectivity index (χ2v) is 3.49. The highest BCUT2D eigenvalue weighted by Gasteiger charge is 2.05. The van der Waals surface area contributed by atoms with E-state index in [-0.39, 0.29) is 18.5 Å². The quantitative estimate of drug-likeness (QED) is 0.698. The van der Waals surface area contributed by atoms with Gasteiger partial charge in [0.1, 0.15) is 12.1 Å². The Kier molecular flexibility index (Phi) is 4.43. The number of halogens is 1. The van der Waals surface area contributed by atoms with Gasteiger partial charge >= 0.3 is 0 Å². The van der Waals surface area contributed by atoms with Gasteiger partial charge in [0.15, 0.2) is 0 Å². The van der Waals surface area contributed by atoms with Crippen molar-refractivity contribution in [2.45, 2.75) is 33.0 Å². The average Bonchev–Trinajstić information content (AvgIpc) is 2.26. The molecule has 0 aliphatic rings. The first-order chi connectivity index (χ1) is 7.17. The van der Waals surface area contributed by atoms with Crippen molar-refractivity contribution in [3.8, 4) is 0 Å². The van der Waals surface area contributed by atoms with Crippen molar-refractivity contribution in [2.75, 3.05) is 0 Å². The van der Waals surface area contributed by atoms with Crippen LogP contribution in [0.15, 0.2) is 18.2 Å². The molecule has 1 aromatic carbocycles. The Hall–Kier alpha value is -1.22. The third kappa shape index (κ3) is 3.44. The van der Waals surface area contributed by atoms with Crippen LogP contribution in [0.2, 0.25) is 0 Å². The maximum absolute atomic E-state index is 12.9. The normalized spacial score (nSPS) is 12.5. The Morgan fingerprint density at radius 3 is 2.87 bits per heavy atom. The Bertz CT molecular complexity index is 336. The number of hydrogen-bond acceptors (Lipinski definition) is 2. The van der Waals surface area contributed by atoms with Gasteiger partial charge in [-0.25, -0.2) is 4.39 Å². The van der Waals surface area contributed by atoms with Crippen molar-refractivity contribution < 1.29 is 13.9 Å². The van der Waals surface area contributed by atoms with Crippen molar-refractivity contribution >= 4 is 6.29 Å². The van der Waals surface area contributed by atoms with E-state index in [9.17, 15) is 9.18 Å². The molecule has 2 nitrogen and oxygen atoms in total. The largest absolute Gasteiger partial charge is 0.374 e. The van der Waals surface area contributed by atoms with Crippen LogP contribution in [-0.2, 0) is 11.3 Å². The van der Waals surface area contributed by atoms with Crippen LogP contribution in [-0.4, -0.2) is 12.4 Å². The summed E-state index contributed by atoms with van der Waals surface area (Å²) >= 11 is 0. The third-order valence-corrected chi connectivity index (χ3v) is 2.33. The molecule has 0 aliphatic heterocycles. The molecule has 3 heteroatoms. The van der Waals surface area contributed by atoms with E-state index in [0.29, 0.717) is 11.1 Å². The van der Waals surface area contributed by atoms with Gasteiger partial charge < -0.3 is 4.74 Å². The molecule has 0 saturated carbocycles. The lowest BCUT2D eigenvalue weighted by Crippen LogP contribution is -2.07. The van der Waals surface area contributed by atoms with E-state index in [2.05, 4.69) is 0 Å². The fourth-order valence-corrected chi connectivity index (χ4v) is 1.16. The number of hydrogen-bond donors (Lipinski definition) is 0. The number of carbonyl (C=O) groups is 1. The zero-order valence-electron chi connectivity index (χ0n) is 9.00. The van der Waals surface area contributed by atoms with Crippen LogP contribution in [0.4, 0.5) is 4.39 Å². The molecular formula is C12H15FO2. The molecule has 1 rings (SSSR count). The minimum atomic E-state index is -0.344. The number of carbonyl (C=O) groups excluding carboxylic acids is 1. The SMILES string of the molecule is CCC(C)OCc1cc(F)ccc1C=O. The second kappa shape index (κ2) is 5.61. The zero-order chi connectivity index (χ0) is 11.3. The van der Waals surface area contributed by atoms with Crippen molar-refractivity contribution in [3.05, 3.63) is 35.1 Å². The highest BCUT2D eigenvalue weighted by atomic mass is 19.1. The molecule has 0 fully saturated rings. The van der Waals surface area contributed by atoms with Crippen molar-refractivity contribution in [3.63, 3.8) is 0 Å². The summed E-state index contributed by atoms with van der Waals surface area (Å²) in [5.74, 6) is -0.344. The summed E-state index contributed by atoms with van der Waals surface area (Å²) in [5, 5.41) is 0. The van der Waals surface area contributed by atoms with Crippen molar-refractivity contribution in [1.82, 2.24) is 0 Å². The molecule has 0 radical (unpaired) electrons. The Balaban J connectivity index is 2.74. The van der Waals surface area contributed by atoms with Crippen LogP contribution in [0.3, 0.4) is 0 Å². The number of benzene rings is 1. The summed E-state index contributed by atoms with van der Waals surface area (Å²) in [7, 11) is 0. The highest BCUT2D eigenvalue weighted by Crippen LogP contribution is 2.12. The monoisotopic (exact) mass is 210 g/mol. The lowest BCUT2D eigenvalue weighted by molar-refractivity contribution is 0.0503. The molecule has 0 bridgehead atoms. The molecule has 15 heavy (non-hydrogen) atoms. The molecule has 1 atom stereocenters. The zero-order valence-corrected chi connectivity index (χ0v) is 9.00. The predicted molar refractivity (Wildman–Crippen MR) is 56.3 cm³/mol. The molecular weight excluding hydrogens is 195 g/mol. The van der Waals surface area contributed by atoms with Gasteiger partial charge in [-0.05, 0) is 37.1 Å². The van der Waals surface area contributed by atoms with Crippen molar-refractivity contribution in [2.24, 2.45) is 0 Å². The molecule has 1 aromatic rings. The summed E-state index contributed by atoms with van der Waals surface area (Å²) in [6.07, 6.45) is 1.73. The average molecular weight is 210 g/mol. The van der Waals surface area contributed by atoms with Gasteiger partial charge in [0, 0.05) is 5.56 Å². The standard InChI is InChI=1S/C12H15FO2/c1-3-9(2)15-8-11-6-12(13)5-4-10(11)7-14/h4-7,9H,3,8H2,1-2H3. The molecule has 0 heterocycles. The minimum Gasteiger partial charge on any atom is -0.374 e. The number of aldehydes is 1. The molecule has 1 unspecified atom stereocenters. The smallest absolute Gasteiger partial charge is 0.150 e. The van der Waals surface area contributed by atoms with E-state index in [1.54, 1.807) is 0 Å². The van der Waals surface area contributed by atoms with Crippen LogP contribution in [0, 0.1) is 5.82 Å². The van der Waals surface area contributed by atoms with Crippen LogP contribution in [0.5, 0.6) is 0 Å². The Morgan fingerprint density at radius 2 is 2.27 bits per heavy atom. The van der Waals surface area contributed by atoms with Crippen LogP contribution in [0.1, 0.15) is 36.2 Å². The molecule has 82 valence electrons. The first-order valence-electron chi connectivity index (χ1n) is 5.02. The second-order valence-electron chi connectivity index (χ2n) is 3.49.